The van der Waals surface area contributed by atoms with Crippen LogP contribution in [0.2, 0.25) is 0 Å². The molecule has 4 heterocycles. The largest absolute Gasteiger partial charge is 0.494 e. The van der Waals surface area contributed by atoms with Gasteiger partial charge in [0.05, 0.1) is 18.3 Å². The summed E-state index contributed by atoms with van der Waals surface area (Å²) in [4.78, 5) is 19.3. The van der Waals surface area contributed by atoms with E-state index < -0.39 is 0 Å². The quantitative estimate of drug-likeness (QED) is 0.799. The van der Waals surface area contributed by atoms with E-state index in [1.807, 2.05) is 36.4 Å². The van der Waals surface area contributed by atoms with Crippen LogP contribution in [0.1, 0.15) is 18.5 Å². The zero-order valence-electron chi connectivity index (χ0n) is 12.6. The van der Waals surface area contributed by atoms with Gasteiger partial charge in [-0.05, 0) is 31.1 Å². The lowest BCUT2D eigenvalue weighted by Gasteiger charge is -2.41. The predicted molar refractivity (Wildman–Crippen MR) is 85.6 cm³/mol. The highest BCUT2D eigenvalue weighted by molar-refractivity contribution is 6.02. The van der Waals surface area contributed by atoms with Gasteiger partial charge in [-0.2, -0.15) is 0 Å². The fourth-order valence-electron chi connectivity index (χ4n) is 3.42. The van der Waals surface area contributed by atoms with Crippen LogP contribution in [0.15, 0.2) is 36.0 Å². The molecule has 4 heteroatoms. The number of para-hydroxylation sites is 1. The minimum Gasteiger partial charge on any atom is -0.494 e. The first-order chi connectivity index (χ1) is 10.8. The van der Waals surface area contributed by atoms with E-state index in [9.17, 15) is 4.79 Å². The molecule has 0 N–H and O–H groups in total. The van der Waals surface area contributed by atoms with E-state index in [1.54, 1.807) is 7.11 Å². The highest BCUT2D eigenvalue weighted by atomic mass is 16.5. The van der Waals surface area contributed by atoms with Gasteiger partial charge in [-0.25, -0.2) is 4.98 Å². The number of piperidine rings is 3. The van der Waals surface area contributed by atoms with Gasteiger partial charge in [-0.3, -0.25) is 4.79 Å². The van der Waals surface area contributed by atoms with E-state index in [4.69, 9.17) is 4.74 Å². The van der Waals surface area contributed by atoms with Crippen molar-refractivity contribution in [1.29, 1.82) is 0 Å². The summed E-state index contributed by atoms with van der Waals surface area (Å²) in [7, 11) is 1.64. The summed E-state index contributed by atoms with van der Waals surface area (Å²) in [5.41, 5.74) is 2.44. The lowest BCUT2D eigenvalue weighted by atomic mass is 9.84. The van der Waals surface area contributed by atoms with Crippen molar-refractivity contribution in [1.82, 2.24) is 9.88 Å². The highest BCUT2D eigenvalue weighted by Crippen LogP contribution is 2.34. The topological polar surface area (TPSA) is 42.4 Å². The lowest BCUT2D eigenvalue weighted by molar-refractivity contribution is -0.125. The molecule has 0 unspecified atom stereocenters. The molecule has 112 valence electrons. The Labute approximate surface area is 129 Å². The maximum Gasteiger partial charge on any atom is 0.182 e. The van der Waals surface area contributed by atoms with Gasteiger partial charge in [0.15, 0.2) is 5.78 Å². The first-order valence-electron chi connectivity index (χ1n) is 7.71. The van der Waals surface area contributed by atoms with Crippen LogP contribution in [-0.4, -0.2) is 35.9 Å². The second-order valence-electron chi connectivity index (χ2n) is 5.92. The molecule has 1 aromatic heterocycles. The van der Waals surface area contributed by atoms with Crippen LogP contribution in [0.5, 0.6) is 5.75 Å². The van der Waals surface area contributed by atoms with Gasteiger partial charge in [0.1, 0.15) is 11.4 Å². The number of hydrogen-bond donors (Lipinski definition) is 0. The fraction of sp³-hybridized carbons (Fsp3) is 0.333. The summed E-state index contributed by atoms with van der Waals surface area (Å²) in [5.74, 6) is 1.17. The standard InChI is InChI=1S/C18H18N2O2/c1-22-17-10-13-4-2-3-5-14(13)19-15(17)11-16-18(21)12-6-8-20(16)9-7-12/h2-5,10-12H,6-9H2,1H3/b16-11+. The summed E-state index contributed by atoms with van der Waals surface area (Å²) in [6.07, 6.45) is 3.87. The van der Waals surface area contributed by atoms with E-state index in [-0.39, 0.29) is 11.7 Å². The third-order valence-corrected chi connectivity index (χ3v) is 4.67. The number of methoxy groups -OCH3 is 1. The van der Waals surface area contributed by atoms with Crippen LogP contribution < -0.4 is 4.74 Å². The molecule has 3 aliphatic heterocycles. The molecule has 3 fully saturated rings. The number of ether oxygens (including phenoxy) is 1. The maximum absolute atomic E-state index is 12.5. The number of rotatable bonds is 2. The van der Waals surface area contributed by atoms with Crippen molar-refractivity contribution >= 4 is 22.8 Å². The Hall–Kier alpha value is -2.36. The third kappa shape index (κ3) is 2.06. The molecule has 2 bridgehead atoms. The predicted octanol–water partition coefficient (Wildman–Crippen LogP) is 2.88. The van der Waals surface area contributed by atoms with E-state index >= 15 is 0 Å². The molecule has 2 aromatic rings. The average molecular weight is 294 g/mol. The Balaban J connectivity index is 1.83. The van der Waals surface area contributed by atoms with Gasteiger partial charge in [-0.15, -0.1) is 0 Å². The average Bonchev–Trinajstić information content (AvgIpc) is 2.57. The molecule has 22 heavy (non-hydrogen) atoms. The van der Waals surface area contributed by atoms with Gasteiger partial charge in [-0.1, -0.05) is 18.2 Å². The molecule has 1 aromatic carbocycles. The Kier molecular flexibility index (Phi) is 3.10. The minimum absolute atomic E-state index is 0.197. The highest BCUT2D eigenvalue weighted by Gasteiger charge is 2.36. The van der Waals surface area contributed by atoms with E-state index in [1.165, 1.54) is 0 Å². The number of pyridine rings is 1. The Morgan fingerprint density at radius 1 is 1.27 bits per heavy atom. The van der Waals surface area contributed by atoms with Gasteiger partial charge in [0.2, 0.25) is 0 Å². The molecule has 4 nitrogen and oxygen atoms in total. The first-order valence-corrected chi connectivity index (χ1v) is 7.71. The number of fused-ring (bicyclic) bond motifs is 4. The molecule has 0 amide bonds. The van der Waals surface area contributed by atoms with Crippen LogP contribution >= 0.6 is 0 Å². The van der Waals surface area contributed by atoms with Gasteiger partial charge >= 0.3 is 0 Å². The monoisotopic (exact) mass is 294 g/mol. The lowest BCUT2D eigenvalue weighted by Crippen LogP contribution is -2.45. The van der Waals surface area contributed by atoms with Crippen molar-refractivity contribution < 1.29 is 9.53 Å². The molecule has 0 aliphatic carbocycles. The van der Waals surface area contributed by atoms with Crippen LogP contribution in [0.25, 0.3) is 17.0 Å². The van der Waals surface area contributed by atoms with Gasteiger partial charge in [0.25, 0.3) is 0 Å². The fourth-order valence-corrected chi connectivity index (χ4v) is 3.42. The third-order valence-electron chi connectivity index (χ3n) is 4.67. The maximum atomic E-state index is 12.5. The summed E-state index contributed by atoms with van der Waals surface area (Å²) in [6, 6.07) is 9.92. The number of carbonyl (C=O) groups excluding carboxylic acids is 1. The molecule has 3 aliphatic rings. The molecule has 5 rings (SSSR count). The smallest absolute Gasteiger partial charge is 0.182 e. The normalized spacial score (nSPS) is 20.1. The molecular formula is C18H18N2O2. The number of nitrogens with zero attached hydrogens (tertiary/aromatic N) is 2. The zero-order valence-corrected chi connectivity index (χ0v) is 12.6. The van der Waals surface area contributed by atoms with Crippen molar-refractivity contribution in [2.75, 3.05) is 20.2 Å². The van der Waals surface area contributed by atoms with E-state index in [0.29, 0.717) is 5.75 Å². The molecule has 0 radical (unpaired) electrons. The number of carbonyl (C=O) groups is 1. The van der Waals surface area contributed by atoms with Crippen molar-refractivity contribution in [3.05, 3.63) is 41.7 Å². The summed E-state index contributed by atoms with van der Waals surface area (Å²) in [5, 5.41) is 1.04. The summed E-state index contributed by atoms with van der Waals surface area (Å²) in [6.45, 7) is 1.94. The Morgan fingerprint density at radius 3 is 2.77 bits per heavy atom. The van der Waals surface area contributed by atoms with E-state index in [2.05, 4.69) is 9.88 Å². The SMILES string of the molecule is COc1cc2ccccc2nc1/C=C1\C(=O)C2CCN1CC2. The van der Waals surface area contributed by atoms with E-state index in [0.717, 1.165) is 48.2 Å². The van der Waals surface area contributed by atoms with Crippen LogP contribution in [0, 0.1) is 5.92 Å². The van der Waals surface area contributed by atoms with Crippen LogP contribution in [0.3, 0.4) is 0 Å². The first kappa shape index (κ1) is 13.3. The molecule has 0 saturated carbocycles. The molecular weight excluding hydrogens is 276 g/mol. The number of Topliss-reactive ketones (excluding diaryl/α,β-unsaturated/α-hetero) is 1. The Bertz CT molecular complexity index is 774. The molecule has 0 spiro atoms. The van der Waals surface area contributed by atoms with Crippen LogP contribution in [-0.2, 0) is 4.79 Å². The minimum atomic E-state index is 0.197. The number of aromatic nitrogens is 1. The summed E-state index contributed by atoms with van der Waals surface area (Å²) >= 11 is 0. The van der Waals surface area contributed by atoms with Gasteiger partial charge in [0, 0.05) is 24.4 Å². The van der Waals surface area contributed by atoms with Gasteiger partial charge < -0.3 is 9.64 Å². The van der Waals surface area contributed by atoms with Crippen LogP contribution in [0.4, 0.5) is 0 Å². The van der Waals surface area contributed by atoms with Crippen molar-refractivity contribution in [2.24, 2.45) is 5.92 Å². The Morgan fingerprint density at radius 2 is 2.05 bits per heavy atom. The molecule has 3 saturated heterocycles. The molecule has 0 atom stereocenters. The zero-order chi connectivity index (χ0) is 15.1. The second-order valence-corrected chi connectivity index (χ2v) is 5.92. The van der Waals surface area contributed by atoms with Crippen molar-refractivity contribution in [2.45, 2.75) is 12.8 Å². The second kappa shape index (κ2) is 5.13. The number of ketones is 1. The van der Waals surface area contributed by atoms with Crippen molar-refractivity contribution in [3.8, 4) is 5.75 Å². The number of allylic oxidation sites excluding steroid dienone is 1. The van der Waals surface area contributed by atoms with Crippen molar-refractivity contribution in [3.63, 3.8) is 0 Å². The number of benzene rings is 1. The number of hydrogen-bond acceptors (Lipinski definition) is 4. The summed E-state index contributed by atoms with van der Waals surface area (Å²) < 4.78 is 5.47.